The monoisotopic (exact) mass is 350 g/mol. The molecule has 2 heterocycles. The average molecular weight is 350 g/mol. The Morgan fingerprint density at radius 1 is 0.962 bits per heavy atom. The number of nitrogens with zero attached hydrogens (tertiary/aromatic N) is 2. The highest BCUT2D eigenvalue weighted by atomic mass is 16.3. The Morgan fingerprint density at radius 2 is 1.50 bits per heavy atom. The van der Waals surface area contributed by atoms with Gasteiger partial charge in [0.15, 0.2) is 0 Å². The molecule has 0 saturated carbocycles. The number of hydrogen-bond donors (Lipinski definition) is 1. The molecule has 2 aromatic carbocycles. The SMILES string of the molecule is O=C(C(Cc1ccccc1)N1C(=O)c2ccccc2C1=O)N1CC(O)C1. The van der Waals surface area contributed by atoms with Crippen LogP contribution in [0.1, 0.15) is 26.3 Å². The molecule has 1 fully saturated rings. The first-order valence-electron chi connectivity index (χ1n) is 8.54. The summed E-state index contributed by atoms with van der Waals surface area (Å²) in [5, 5.41) is 9.51. The number of aliphatic hydroxyl groups excluding tert-OH is 1. The number of fused-ring (bicyclic) bond motifs is 1. The van der Waals surface area contributed by atoms with Gasteiger partial charge in [-0.3, -0.25) is 19.3 Å². The number of aliphatic hydroxyl groups is 1. The van der Waals surface area contributed by atoms with Gasteiger partial charge in [0.2, 0.25) is 5.91 Å². The van der Waals surface area contributed by atoms with Crippen molar-refractivity contribution in [2.45, 2.75) is 18.6 Å². The minimum atomic E-state index is -0.919. The van der Waals surface area contributed by atoms with Gasteiger partial charge in [-0.25, -0.2) is 0 Å². The number of β-amino-alcohol motifs (C(OH)–C–C–N with tert-alkyl or cyclic N) is 1. The van der Waals surface area contributed by atoms with Crippen LogP contribution in [0.5, 0.6) is 0 Å². The largest absolute Gasteiger partial charge is 0.389 e. The van der Waals surface area contributed by atoms with Crippen LogP contribution >= 0.6 is 0 Å². The predicted molar refractivity (Wildman–Crippen MR) is 93.5 cm³/mol. The number of hydrogen-bond acceptors (Lipinski definition) is 4. The molecule has 3 amide bonds. The summed E-state index contributed by atoms with van der Waals surface area (Å²) in [6, 6.07) is 15.0. The molecule has 0 aliphatic carbocycles. The van der Waals surface area contributed by atoms with E-state index in [-0.39, 0.29) is 25.4 Å². The summed E-state index contributed by atoms with van der Waals surface area (Å²) in [5.74, 6) is -1.20. The molecule has 2 aliphatic heterocycles. The van der Waals surface area contributed by atoms with E-state index in [1.807, 2.05) is 30.3 Å². The van der Waals surface area contributed by atoms with Gasteiger partial charge >= 0.3 is 0 Å². The molecule has 2 aliphatic rings. The summed E-state index contributed by atoms with van der Waals surface area (Å²) in [6.45, 7) is 0.459. The Balaban J connectivity index is 1.68. The summed E-state index contributed by atoms with van der Waals surface area (Å²) in [6.07, 6.45) is -0.295. The molecule has 4 rings (SSSR count). The summed E-state index contributed by atoms with van der Waals surface area (Å²) in [5.41, 5.74) is 1.52. The lowest BCUT2D eigenvalue weighted by atomic mass is 10.0. The van der Waals surface area contributed by atoms with Crippen LogP contribution in [0.25, 0.3) is 0 Å². The molecule has 1 N–H and O–H groups in total. The van der Waals surface area contributed by atoms with Crippen molar-refractivity contribution >= 4 is 17.7 Å². The third kappa shape index (κ3) is 2.68. The summed E-state index contributed by atoms with van der Waals surface area (Å²) in [4.78, 5) is 41.2. The van der Waals surface area contributed by atoms with Crippen LogP contribution in [0.4, 0.5) is 0 Å². The number of amides is 3. The van der Waals surface area contributed by atoms with E-state index in [4.69, 9.17) is 0 Å². The lowest BCUT2D eigenvalue weighted by Crippen LogP contribution is -2.60. The zero-order valence-electron chi connectivity index (χ0n) is 14.0. The van der Waals surface area contributed by atoms with Crippen LogP contribution in [0.15, 0.2) is 54.6 Å². The number of carbonyl (C=O) groups is 3. The van der Waals surface area contributed by atoms with E-state index >= 15 is 0 Å². The molecule has 1 unspecified atom stereocenters. The van der Waals surface area contributed by atoms with E-state index < -0.39 is 24.0 Å². The molecule has 1 saturated heterocycles. The van der Waals surface area contributed by atoms with Crippen molar-refractivity contribution < 1.29 is 19.5 Å². The zero-order chi connectivity index (χ0) is 18.3. The molecule has 26 heavy (non-hydrogen) atoms. The van der Waals surface area contributed by atoms with Gasteiger partial charge in [-0.15, -0.1) is 0 Å². The fourth-order valence-corrected chi connectivity index (χ4v) is 3.46. The van der Waals surface area contributed by atoms with Crippen LogP contribution < -0.4 is 0 Å². The molecule has 1 atom stereocenters. The first kappa shape index (κ1) is 16.5. The van der Waals surface area contributed by atoms with Gasteiger partial charge in [-0.1, -0.05) is 42.5 Å². The maximum Gasteiger partial charge on any atom is 0.262 e. The van der Waals surface area contributed by atoms with E-state index in [2.05, 4.69) is 0 Å². The molecular formula is C20H18N2O4. The second kappa shape index (κ2) is 6.38. The van der Waals surface area contributed by atoms with Crippen molar-refractivity contribution in [3.63, 3.8) is 0 Å². The van der Waals surface area contributed by atoms with Crippen molar-refractivity contribution in [3.8, 4) is 0 Å². The minimum absolute atomic E-state index is 0.229. The van der Waals surface area contributed by atoms with Crippen molar-refractivity contribution in [2.24, 2.45) is 0 Å². The maximum atomic E-state index is 13.0. The van der Waals surface area contributed by atoms with Gasteiger partial charge in [0, 0.05) is 19.5 Å². The molecular weight excluding hydrogens is 332 g/mol. The smallest absolute Gasteiger partial charge is 0.262 e. The van der Waals surface area contributed by atoms with Gasteiger partial charge in [0.1, 0.15) is 6.04 Å². The van der Waals surface area contributed by atoms with E-state index in [9.17, 15) is 19.5 Å². The van der Waals surface area contributed by atoms with E-state index in [0.29, 0.717) is 11.1 Å². The fraction of sp³-hybridized carbons (Fsp3) is 0.250. The summed E-state index contributed by atoms with van der Waals surface area (Å²) in [7, 11) is 0. The van der Waals surface area contributed by atoms with E-state index in [1.165, 1.54) is 4.90 Å². The molecule has 0 radical (unpaired) electrons. The van der Waals surface area contributed by atoms with Crippen molar-refractivity contribution in [1.82, 2.24) is 9.80 Å². The molecule has 6 nitrogen and oxygen atoms in total. The minimum Gasteiger partial charge on any atom is -0.389 e. The second-order valence-electron chi connectivity index (χ2n) is 6.63. The van der Waals surface area contributed by atoms with Crippen LogP contribution in [-0.2, 0) is 11.2 Å². The lowest BCUT2D eigenvalue weighted by molar-refractivity contribution is -0.145. The van der Waals surface area contributed by atoms with Crippen LogP contribution in [0, 0.1) is 0 Å². The Morgan fingerprint density at radius 3 is 2.04 bits per heavy atom. The number of likely N-dealkylation sites (tertiary alicyclic amines) is 1. The predicted octanol–water partition coefficient (Wildman–Crippen LogP) is 1.10. The van der Waals surface area contributed by atoms with Gasteiger partial charge < -0.3 is 10.0 Å². The average Bonchev–Trinajstić information content (AvgIpc) is 2.89. The Kier molecular flexibility index (Phi) is 4.05. The Labute approximate surface area is 150 Å². The van der Waals surface area contributed by atoms with Crippen molar-refractivity contribution in [2.75, 3.05) is 13.1 Å². The van der Waals surface area contributed by atoms with Crippen molar-refractivity contribution in [3.05, 3.63) is 71.3 Å². The van der Waals surface area contributed by atoms with Crippen LogP contribution in [0.2, 0.25) is 0 Å². The summed E-state index contributed by atoms with van der Waals surface area (Å²) >= 11 is 0. The highest BCUT2D eigenvalue weighted by Crippen LogP contribution is 2.27. The molecule has 0 bridgehead atoms. The normalized spacial score (nSPS) is 17.9. The van der Waals surface area contributed by atoms with Crippen LogP contribution in [0.3, 0.4) is 0 Å². The molecule has 6 heteroatoms. The van der Waals surface area contributed by atoms with Gasteiger partial charge in [-0.2, -0.15) is 0 Å². The number of imide groups is 1. The third-order valence-electron chi connectivity index (χ3n) is 4.87. The van der Waals surface area contributed by atoms with Gasteiger partial charge in [0.05, 0.1) is 17.2 Å². The van der Waals surface area contributed by atoms with E-state index in [0.717, 1.165) is 10.5 Å². The number of carbonyl (C=O) groups excluding carboxylic acids is 3. The summed E-state index contributed by atoms with van der Waals surface area (Å²) < 4.78 is 0. The first-order valence-corrected chi connectivity index (χ1v) is 8.54. The zero-order valence-corrected chi connectivity index (χ0v) is 14.0. The lowest BCUT2D eigenvalue weighted by Gasteiger charge is -2.39. The van der Waals surface area contributed by atoms with E-state index in [1.54, 1.807) is 24.3 Å². The van der Waals surface area contributed by atoms with Crippen molar-refractivity contribution in [1.29, 1.82) is 0 Å². The molecule has 2 aromatic rings. The van der Waals surface area contributed by atoms with Crippen LogP contribution in [-0.4, -0.2) is 57.9 Å². The maximum absolute atomic E-state index is 13.0. The number of benzene rings is 2. The molecule has 132 valence electrons. The Bertz CT molecular complexity index is 839. The standard InChI is InChI=1S/C20H18N2O4/c23-14-11-21(12-14)20(26)17(10-13-6-2-1-3-7-13)22-18(24)15-8-4-5-9-16(15)19(22)25/h1-9,14,17,23H,10-12H2. The second-order valence-corrected chi connectivity index (χ2v) is 6.63. The highest BCUT2D eigenvalue weighted by Gasteiger charge is 2.45. The topological polar surface area (TPSA) is 77.9 Å². The molecule has 0 aromatic heterocycles. The first-order chi connectivity index (χ1) is 12.6. The third-order valence-corrected chi connectivity index (χ3v) is 4.87. The molecule has 0 spiro atoms. The highest BCUT2D eigenvalue weighted by molar-refractivity contribution is 6.22. The fourth-order valence-electron chi connectivity index (χ4n) is 3.46. The van der Waals surface area contributed by atoms with Gasteiger partial charge in [-0.05, 0) is 17.7 Å². The number of rotatable bonds is 4. The Hall–Kier alpha value is -2.99. The van der Waals surface area contributed by atoms with Gasteiger partial charge in [0.25, 0.3) is 11.8 Å². The quantitative estimate of drug-likeness (QED) is 0.838.